The van der Waals surface area contributed by atoms with Crippen molar-refractivity contribution in [3.05, 3.63) is 53.6 Å². The van der Waals surface area contributed by atoms with Crippen LogP contribution in [0.4, 0.5) is 0 Å². The summed E-state index contributed by atoms with van der Waals surface area (Å²) < 4.78 is 36.2. The number of hydrogen-bond donors (Lipinski definition) is 1. The number of nitrogens with one attached hydrogen (secondary N) is 1. The Hall–Kier alpha value is -2.29. The highest BCUT2D eigenvalue weighted by Gasteiger charge is 2.17. The number of rotatable bonds is 9. The molecule has 0 aliphatic rings. The maximum atomic E-state index is 12.1. The molecular formula is C19H23ClN2O5S. The van der Waals surface area contributed by atoms with Crippen molar-refractivity contribution in [1.29, 1.82) is 0 Å². The van der Waals surface area contributed by atoms with Gasteiger partial charge in [-0.3, -0.25) is 4.79 Å². The average Bonchev–Trinajstić information content (AvgIpc) is 2.67. The molecular weight excluding hydrogens is 404 g/mol. The van der Waals surface area contributed by atoms with Crippen molar-refractivity contribution < 1.29 is 22.7 Å². The largest absolute Gasteiger partial charge is 0.492 e. The first kappa shape index (κ1) is 22.0. The van der Waals surface area contributed by atoms with E-state index in [1.165, 1.54) is 26.2 Å². The van der Waals surface area contributed by atoms with E-state index in [-0.39, 0.29) is 24.0 Å². The molecule has 0 spiro atoms. The Morgan fingerprint density at radius 3 is 2.39 bits per heavy atom. The maximum Gasteiger partial charge on any atom is 0.260 e. The van der Waals surface area contributed by atoms with Crippen molar-refractivity contribution in [3.8, 4) is 11.5 Å². The van der Waals surface area contributed by atoms with Gasteiger partial charge >= 0.3 is 0 Å². The molecule has 28 heavy (non-hydrogen) atoms. The predicted molar refractivity (Wildman–Crippen MR) is 107 cm³/mol. The van der Waals surface area contributed by atoms with Gasteiger partial charge in [0.15, 0.2) is 6.10 Å². The second-order valence-electron chi connectivity index (χ2n) is 6.09. The highest BCUT2D eigenvalue weighted by Crippen LogP contribution is 2.24. The number of ether oxygens (including phenoxy) is 2. The summed E-state index contributed by atoms with van der Waals surface area (Å²) >= 11 is 6.01. The molecule has 0 fully saturated rings. The summed E-state index contributed by atoms with van der Waals surface area (Å²) in [6.07, 6.45) is -0.713. The summed E-state index contributed by atoms with van der Waals surface area (Å²) in [7, 11) is -0.529. The summed E-state index contributed by atoms with van der Waals surface area (Å²) in [5.74, 6) is 0.652. The van der Waals surface area contributed by atoms with Crippen molar-refractivity contribution in [2.24, 2.45) is 0 Å². The molecule has 1 atom stereocenters. The van der Waals surface area contributed by atoms with Gasteiger partial charge < -0.3 is 14.8 Å². The van der Waals surface area contributed by atoms with E-state index in [1.54, 1.807) is 43.3 Å². The Labute approximate surface area is 170 Å². The zero-order valence-corrected chi connectivity index (χ0v) is 17.5. The molecule has 0 unspecified atom stereocenters. The molecule has 0 saturated heterocycles. The van der Waals surface area contributed by atoms with Crippen LogP contribution in [0.1, 0.15) is 6.92 Å². The summed E-state index contributed by atoms with van der Waals surface area (Å²) in [5, 5.41) is 3.14. The first-order valence-corrected chi connectivity index (χ1v) is 10.4. The highest BCUT2D eigenvalue weighted by molar-refractivity contribution is 7.89. The lowest BCUT2D eigenvalue weighted by Gasteiger charge is -2.16. The fraction of sp³-hybridized carbons (Fsp3) is 0.316. The molecule has 7 nitrogen and oxygen atoms in total. The average molecular weight is 427 g/mol. The van der Waals surface area contributed by atoms with E-state index in [0.717, 1.165) is 4.31 Å². The minimum atomic E-state index is -3.47. The van der Waals surface area contributed by atoms with Gasteiger partial charge in [0.25, 0.3) is 5.91 Å². The van der Waals surface area contributed by atoms with E-state index in [0.29, 0.717) is 16.5 Å². The number of para-hydroxylation sites is 1. The molecule has 9 heteroatoms. The zero-order chi connectivity index (χ0) is 20.7. The van der Waals surface area contributed by atoms with E-state index in [2.05, 4.69) is 5.32 Å². The van der Waals surface area contributed by atoms with Crippen molar-refractivity contribution >= 4 is 27.5 Å². The zero-order valence-electron chi connectivity index (χ0n) is 15.9. The third-order valence-electron chi connectivity index (χ3n) is 3.78. The summed E-state index contributed by atoms with van der Waals surface area (Å²) in [4.78, 5) is 12.3. The van der Waals surface area contributed by atoms with E-state index >= 15 is 0 Å². The van der Waals surface area contributed by atoms with Gasteiger partial charge in [0.2, 0.25) is 10.0 Å². The fourth-order valence-corrected chi connectivity index (χ4v) is 3.27. The van der Waals surface area contributed by atoms with Crippen LogP contribution in [-0.2, 0) is 14.8 Å². The van der Waals surface area contributed by atoms with Gasteiger partial charge in [-0.1, -0.05) is 23.7 Å². The van der Waals surface area contributed by atoms with Crippen molar-refractivity contribution in [2.45, 2.75) is 17.9 Å². The summed E-state index contributed by atoms with van der Waals surface area (Å²) in [6, 6.07) is 13.0. The molecule has 152 valence electrons. The maximum absolute atomic E-state index is 12.1. The molecule has 1 amide bonds. The van der Waals surface area contributed by atoms with Crippen LogP contribution in [0.25, 0.3) is 0 Å². The number of amides is 1. The highest BCUT2D eigenvalue weighted by atomic mass is 35.5. The number of carbonyl (C=O) groups is 1. The molecule has 0 aliphatic heterocycles. The molecule has 2 aromatic rings. The van der Waals surface area contributed by atoms with Crippen LogP contribution in [0.2, 0.25) is 5.02 Å². The van der Waals surface area contributed by atoms with Gasteiger partial charge in [-0.05, 0) is 43.3 Å². The second-order valence-corrected chi connectivity index (χ2v) is 8.65. The van der Waals surface area contributed by atoms with Gasteiger partial charge in [0.05, 0.1) is 16.5 Å². The molecule has 0 heterocycles. The number of halogens is 1. The molecule has 2 aromatic carbocycles. The third-order valence-corrected chi connectivity index (χ3v) is 5.92. The van der Waals surface area contributed by atoms with Crippen LogP contribution in [0.3, 0.4) is 0 Å². The quantitative estimate of drug-likeness (QED) is 0.623. The molecule has 1 N–H and O–H groups in total. The lowest BCUT2D eigenvalue weighted by molar-refractivity contribution is -0.127. The van der Waals surface area contributed by atoms with Crippen LogP contribution in [0.5, 0.6) is 11.5 Å². The second kappa shape index (κ2) is 9.77. The Morgan fingerprint density at radius 2 is 1.79 bits per heavy atom. The fourth-order valence-electron chi connectivity index (χ4n) is 2.19. The third kappa shape index (κ3) is 5.85. The van der Waals surface area contributed by atoms with Crippen LogP contribution in [0, 0.1) is 0 Å². The number of carbonyl (C=O) groups excluding carboxylic acids is 1. The van der Waals surface area contributed by atoms with Gasteiger partial charge in [-0.25, -0.2) is 12.7 Å². The Morgan fingerprint density at radius 1 is 1.14 bits per heavy atom. The number of hydrogen-bond acceptors (Lipinski definition) is 5. The molecule has 2 rings (SSSR count). The minimum absolute atomic E-state index is 0.184. The van der Waals surface area contributed by atoms with Crippen molar-refractivity contribution in [3.63, 3.8) is 0 Å². The van der Waals surface area contributed by atoms with E-state index in [4.69, 9.17) is 21.1 Å². The van der Waals surface area contributed by atoms with Crippen molar-refractivity contribution in [2.75, 3.05) is 27.2 Å². The Balaban J connectivity index is 1.78. The van der Waals surface area contributed by atoms with Gasteiger partial charge in [-0.15, -0.1) is 0 Å². The van der Waals surface area contributed by atoms with Crippen molar-refractivity contribution in [1.82, 2.24) is 9.62 Å². The van der Waals surface area contributed by atoms with Crippen LogP contribution in [0.15, 0.2) is 53.4 Å². The monoisotopic (exact) mass is 426 g/mol. The Kier molecular flexibility index (Phi) is 7.68. The topological polar surface area (TPSA) is 84.9 Å². The SMILES string of the molecule is C[C@H](Oc1ccccc1Cl)C(=O)NCCOc1ccc(S(=O)(=O)N(C)C)cc1. The Bertz CT molecular complexity index is 901. The van der Waals surface area contributed by atoms with Gasteiger partial charge in [0.1, 0.15) is 18.1 Å². The van der Waals surface area contributed by atoms with Crippen LogP contribution in [-0.4, -0.2) is 52.0 Å². The van der Waals surface area contributed by atoms with E-state index < -0.39 is 16.1 Å². The lowest BCUT2D eigenvalue weighted by atomic mass is 10.3. The number of nitrogens with zero attached hydrogens (tertiary/aromatic N) is 1. The number of sulfonamides is 1. The molecule has 0 aromatic heterocycles. The van der Waals surface area contributed by atoms with Crippen LogP contribution >= 0.6 is 11.6 Å². The normalized spacial score (nSPS) is 12.5. The lowest BCUT2D eigenvalue weighted by Crippen LogP contribution is -2.38. The number of benzene rings is 2. The first-order valence-electron chi connectivity index (χ1n) is 8.56. The van der Waals surface area contributed by atoms with E-state index in [9.17, 15) is 13.2 Å². The predicted octanol–water partition coefficient (Wildman–Crippen LogP) is 2.55. The van der Waals surface area contributed by atoms with E-state index in [1.807, 2.05) is 0 Å². The van der Waals surface area contributed by atoms with Gasteiger partial charge in [0, 0.05) is 14.1 Å². The molecule has 0 saturated carbocycles. The smallest absolute Gasteiger partial charge is 0.260 e. The molecule has 0 radical (unpaired) electrons. The minimum Gasteiger partial charge on any atom is -0.492 e. The molecule has 0 aliphatic carbocycles. The molecule has 0 bridgehead atoms. The standard InChI is InChI=1S/C19H23ClN2O5S/c1-14(27-18-7-5-4-6-17(18)20)19(23)21-12-13-26-15-8-10-16(11-9-15)28(24,25)22(2)3/h4-11,14H,12-13H2,1-3H3,(H,21,23)/t14-/m0/s1. The first-order chi connectivity index (χ1) is 13.2. The summed E-state index contributed by atoms with van der Waals surface area (Å²) in [6.45, 7) is 2.13. The van der Waals surface area contributed by atoms with Crippen LogP contribution < -0.4 is 14.8 Å². The summed E-state index contributed by atoms with van der Waals surface area (Å²) in [5.41, 5.74) is 0. The van der Waals surface area contributed by atoms with Gasteiger partial charge in [-0.2, -0.15) is 0 Å².